The number of carboxylic acids is 1. The number of halogens is 3. The summed E-state index contributed by atoms with van der Waals surface area (Å²) in [6.45, 7) is 2.92. The SMILES string of the molecule is CCOC(Cc1ccc(OCCN(CCCCCCC(F)(F)F)C(=O)OCc2ccccc2)cc1)C(=O)O. The van der Waals surface area contributed by atoms with Gasteiger partial charge >= 0.3 is 18.2 Å². The molecule has 2 rings (SSSR count). The normalized spacial score (nSPS) is 12.1. The highest BCUT2D eigenvalue weighted by molar-refractivity contribution is 5.72. The van der Waals surface area contributed by atoms with Crippen molar-refractivity contribution >= 4 is 12.1 Å². The van der Waals surface area contributed by atoms with Crippen molar-refractivity contribution in [1.29, 1.82) is 0 Å². The van der Waals surface area contributed by atoms with Gasteiger partial charge in [-0.05, 0) is 43.0 Å². The van der Waals surface area contributed by atoms with Crippen LogP contribution >= 0.6 is 0 Å². The number of amides is 1. The molecule has 0 saturated carbocycles. The van der Waals surface area contributed by atoms with Crippen LogP contribution in [0.15, 0.2) is 54.6 Å². The Kier molecular flexibility index (Phi) is 13.5. The smallest absolute Gasteiger partial charge is 0.410 e. The van der Waals surface area contributed by atoms with Gasteiger partial charge in [0, 0.05) is 26.0 Å². The number of carbonyl (C=O) groups is 2. The van der Waals surface area contributed by atoms with Crippen LogP contribution in [0, 0.1) is 0 Å². The van der Waals surface area contributed by atoms with Gasteiger partial charge in [0.05, 0.1) is 6.54 Å². The summed E-state index contributed by atoms with van der Waals surface area (Å²) in [7, 11) is 0. The van der Waals surface area contributed by atoms with E-state index in [2.05, 4.69) is 0 Å². The Labute approximate surface area is 221 Å². The summed E-state index contributed by atoms with van der Waals surface area (Å²) >= 11 is 0. The number of ether oxygens (including phenoxy) is 3. The fraction of sp³-hybridized carbons (Fsp3) is 0.500. The quantitative estimate of drug-likeness (QED) is 0.239. The van der Waals surface area contributed by atoms with Crippen molar-refractivity contribution in [3.8, 4) is 5.75 Å². The first-order valence-electron chi connectivity index (χ1n) is 12.8. The largest absolute Gasteiger partial charge is 0.492 e. The molecule has 0 fully saturated rings. The summed E-state index contributed by atoms with van der Waals surface area (Å²) in [5, 5.41) is 9.24. The first kappa shape index (κ1) is 31.0. The minimum absolute atomic E-state index is 0.0683. The molecule has 0 heterocycles. The predicted octanol–water partition coefficient (Wildman–Crippen LogP) is 6.25. The van der Waals surface area contributed by atoms with E-state index in [4.69, 9.17) is 14.2 Å². The molecule has 0 aromatic heterocycles. The van der Waals surface area contributed by atoms with E-state index in [1.807, 2.05) is 30.3 Å². The van der Waals surface area contributed by atoms with E-state index in [0.717, 1.165) is 11.1 Å². The van der Waals surface area contributed by atoms with Gasteiger partial charge in [0.25, 0.3) is 0 Å². The molecule has 0 bridgehead atoms. The molecule has 210 valence electrons. The van der Waals surface area contributed by atoms with Crippen molar-refractivity contribution in [2.45, 2.75) is 64.3 Å². The van der Waals surface area contributed by atoms with E-state index in [1.54, 1.807) is 31.2 Å². The molecule has 0 saturated heterocycles. The summed E-state index contributed by atoms with van der Waals surface area (Å²) in [5.74, 6) is -0.464. The van der Waals surface area contributed by atoms with Gasteiger partial charge in [-0.2, -0.15) is 13.2 Å². The number of aliphatic carboxylic acids is 1. The summed E-state index contributed by atoms with van der Waals surface area (Å²) in [4.78, 5) is 25.5. The zero-order valence-electron chi connectivity index (χ0n) is 21.6. The molecule has 0 aliphatic rings. The number of unbranched alkanes of at least 4 members (excludes halogenated alkanes) is 3. The van der Waals surface area contributed by atoms with Crippen LogP contribution in [-0.2, 0) is 27.3 Å². The molecule has 10 heteroatoms. The maximum absolute atomic E-state index is 12.7. The van der Waals surface area contributed by atoms with Crippen LogP contribution in [0.5, 0.6) is 5.75 Å². The molecule has 1 atom stereocenters. The van der Waals surface area contributed by atoms with E-state index in [0.29, 0.717) is 38.2 Å². The molecule has 0 aliphatic carbocycles. The number of hydrogen-bond donors (Lipinski definition) is 1. The number of carboxylic acid groups (broad SMARTS) is 1. The Morgan fingerprint density at radius 2 is 1.61 bits per heavy atom. The van der Waals surface area contributed by atoms with Crippen molar-refractivity contribution in [3.05, 3.63) is 65.7 Å². The predicted molar refractivity (Wildman–Crippen MR) is 136 cm³/mol. The van der Waals surface area contributed by atoms with Crippen LogP contribution in [0.3, 0.4) is 0 Å². The lowest BCUT2D eigenvalue weighted by Crippen LogP contribution is -2.36. The van der Waals surface area contributed by atoms with Gasteiger partial charge in [-0.15, -0.1) is 0 Å². The lowest BCUT2D eigenvalue weighted by Gasteiger charge is -2.22. The van der Waals surface area contributed by atoms with Crippen molar-refractivity contribution in [2.75, 3.05) is 26.3 Å². The Bertz CT molecular complexity index is 953. The number of rotatable bonds is 17. The number of nitrogens with zero attached hydrogens (tertiary/aromatic N) is 1. The number of alkyl halides is 3. The molecule has 1 N–H and O–H groups in total. The van der Waals surface area contributed by atoms with Crippen molar-refractivity contribution in [2.24, 2.45) is 0 Å². The standard InChI is InChI=1S/C28H36F3NO6/c1-2-36-25(26(33)34)20-22-12-14-24(15-13-22)37-19-18-32(17-9-4-3-8-16-28(29,30)31)27(35)38-21-23-10-6-5-7-11-23/h5-7,10-15,25H,2-4,8-9,16-21H2,1H3,(H,33,34). The van der Waals surface area contributed by atoms with Crippen LogP contribution in [0.2, 0.25) is 0 Å². The van der Waals surface area contributed by atoms with E-state index >= 15 is 0 Å². The summed E-state index contributed by atoms with van der Waals surface area (Å²) in [5.41, 5.74) is 1.63. The van der Waals surface area contributed by atoms with Crippen LogP contribution in [0.1, 0.15) is 50.2 Å². The van der Waals surface area contributed by atoms with E-state index in [-0.39, 0.29) is 32.6 Å². The third kappa shape index (κ3) is 12.8. The Morgan fingerprint density at radius 3 is 2.24 bits per heavy atom. The molecule has 1 unspecified atom stereocenters. The summed E-state index contributed by atoms with van der Waals surface area (Å²) < 4.78 is 53.4. The summed E-state index contributed by atoms with van der Waals surface area (Å²) in [6, 6.07) is 16.2. The fourth-order valence-electron chi connectivity index (χ4n) is 3.71. The average Bonchev–Trinajstić information content (AvgIpc) is 2.88. The van der Waals surface area contributed by atoms with Crippen molar-refractivity contribution < 1.29 is 42.1 Å². The van der Waals surface area contributed by atoms with Crippen LogP contribution in [0.4, 0.5) is 18.0 Å². The maximum atomic E-state index is 12.7. The van der Waals surface area contributed by atoms with Crippen LogP contribution in [0.25, 0.3) is 0 Å². The van der Waals surface area contributed by atoms with Gasteiger partial charge < -0.3 is 24.2 Å². The molecule has 0 spiro atoms. The maximum Gasteiger partial charge on any atom is 0.410 e. The second-order valence-electron chi connectivity index (χ2n) is 8.79. The highest BCUT2D eigenvalue weighted by atomic mass is 19.4. The molecule has 2 aromatic rings. The minimum Gasteiger partial charge on any atom is -0.492 e. The van der Waals surface area contributed by atoms with Gasteiger partial charge in [0.2, 0.25) is 0 Å². The lowest BCUT2D eigenvalue weighted by molar-refractivity contribution is -0.150. The molecule has 1 amide bonds. The molecule has 0 radical (unpaired) electrons. The average molecular weight is 540 g/mol. The van der Waals surface area contributed by atoms with Crippen molar-refractivity contribution in [3.63, 3.8) is 0 Å². The molecular formula is C28H36F3NO6. The zero-order chi connectivity index (χ0) is 27.8. The molecular weight excluding hydrogens is 503 g/mol. The van der Waals surface area contributed by atoms with Gasteiger partial charge in [0.1, 0.15) is 19.0 Å². The second kappa shape index (κ2) is 16.5. The highest BCUT2D eigenvalue weighted by Gasteiger charge is 2.25. The first-order chi connectivity index (χ1) is 18.2. The Hall–Kier alpha value is -3.27. The van der Waals surface area contributed by atoms with Gasteiger partial charge in [0.15, 0.2) is 6.10 Å². The zero-order valence-corrected chi connectivity index (χ0v) is 21.6. The molecule has 7 nitrogen and oxygen atoms in total. The van der Waals surface area contributed by atoms with Gasteiger partial charge in [-0.3, -0.25) is 0 Å². The number of carbonyl (C=O) groups excluding carboxylic acids is 1. The molecule has 38 heavy (non-hydrogen) atoms. The van der Waals surface area contributed by atoms with Gasteiger partial charge in [-0.25, -0.2) is 9.59 Å². The third-order valence-corrected chi connectivity index (χ3v) is 5.72. The molecule has 0 aliphatic heterocycles. The van der Waals surface area contributed by atoms with Crippen LogP contribution in [-0.4, -0.2) is 60.7 Å². The topological polar surface area (TPSA) is 85.3 Å². The first-order valence-corrected chi connectivity index (χ1v) is 12.8. The van der Waals surface area contributed by atoms with Gasteiger partial charge in [-0.1, -0.05) is 55.3 Å². The minimum atomic E-state index is -4.15. The summed E-state index contributed by atoms with van der Waals surface area (Å²) in [6.07, 6.45) is -4.53. The second-order valence-corrected chi connectivity index (χ2v) is 8.79. The van der Waals surface area contributed by atoms with E-state index < -0.39 is 30.8 Å². The van der Waals surface area contributed by atoms with Crippen LogP contribution < -0.4 is 4.74 Å². The van der Waals surface area contributed by atoms with Crippen molar-refractivity contribution in [1.82, 2.24) is 4.90 Å². The fourth-order valence-corrected chi connectivity index (χ4v) is 3.71. The Morgan fingerprint density at radius 1 is 0.921 bits per heavy atom. The number of benzene rings is 2. The number of hydrogen-bond acceptors (Lipinski definition) is 5. The monoisotopic (exact) mass is 539 g/mol. The Balaban J connectivity index is 1.85. The third-order valence-electron chi connectivity index (χ3n) is 5.72. The molecule has 2 aromatic carbocycles. The lowest BCUT2D eigenvalue weighted by atomic mass is 10.1. The highest BCUT2D eigenvalue weighted by Crippen LogP contribution is 2.23. The van der Waals surface area contributed by atoms with E-state index in [9.17, 15) is 27.9 Å². The van der Waals surface area contributed by atoms with E-state index in [1.165, 1.54) is 4.90 Å².